The van der Waals surface area contributed by atoms with Gasteiger partial charge >= 0.3 is 0 Å². The summed E-state index contributed by atoms with van der Waals surface area (Å²) in [6.07, 6.45) is -3.70. The smallest absolute Gasteiger partial charge is 0.287 e. The number of amides is 1. The monoisotopic (exact) mass is 299 g/mol. The lowest BCUT2D eigenvalue weighted by Crippen LogP contribution is -2.51. The van der Waals surface area contributed by atoms with Gasteiger partial charge < -0.3 is 5.11 Å². The van der Waals surface area contributed by atoms with E-state index in [1.807, 2.05) is 0 Å². The molecule has 1 atom stereocenters. The van der Waals surface area contributed by atoms with E-state index < -0.39 is 29.4 Å². The van der Waals surface area contributed by atoms with Gasteiger partial charge in [-0.25, -0.2) is 8.78 Å². The van der Waals surface area contributed by atoms with E-state index in [2.05, 4.69) is 5.10 Å². The summed E-state index contributed by atoms with van der Waals surface area (Å²) in [6, 6.07) is 4.58. The lowest BCUT2D eigenvalue weighted by Gasteiger charge is -2.29. The largest absolute Gasteiger partial charge is 0.364 e. The Morgan fingerprint density at radius 2 is 2.24 bits per heavy atom. The normalized spacial score (nSPS) is 21.6. The van der Waals surface area contributed by atoms with Crippen molar-refractivity contribution in [1.29, 1.82) is 0 Å². The van der Waals surface area contributed by atoms with E-state index in [-0.39, 0.29) is 22.0 Å². The summed E-state index contributed by atoms with van der Waals surface area (Å²) >= 11 is 0. The molecule has 1 aliphatic heterocycles. The van der Waals surface area contributed by atoms with E-state index in [9.17, 15) is 28.8 Å². The molecule has 0 unspecified atom stereocenters. The summed E-state index contributed by atoms with van der Waals surface area (Å²) in [7, 11) is 0. The second kappa shape index (κ2) is 5.17. The number of aliphatic hydroxyl groups is 1. The van der Waals surface area contributed by atoms with E-state index in [0.29, 0.717) is 0 Å². The first kappa shape index (κ1) is 15.0. The average Bonchev–Trinajstić information content (AvgIpc) is 2.74. The van der Waals surface area contributed by atoms with Crippen LogP contribution in [0, 0.1) is 10.1 Å². The fourth-order valence-electron chi connectivity index (χ4n) is 2.01. The Kier molecular flexibility index (Phi) is 3.69. The van der Waals surface area contributed by atoms with Crippen molar-refractivity contribution in [3.63, 3.8) is 0 Å². The van der Waals surface area contributed by atoms with Crippen molar-refractivity contribution in [2.75, 3.05) is 0 Å². The molecule has 0 fully saturated rings. The predicted molar refractivity (Wildman–Crippen MR) is 67.9 cm³/mol. The minimum atomic E-state index is -3.22. The molecule has 0 spiro atoms. The van der Waals surface area contributed by atoms with Gasteiger partial charge in [-0.15, -0.1) is 0 Å². The maximum absolute atomic E-state index is 13.0. The minimum absolute atomic E-state index is 0.164. The number of nitrogens with zero attached hydrogens (tertiary/aromatic N) is 3. The van der Waals surface area contributed by atoms with E-state index in [1.54, 1.807) is 0 Å². The molecule has 2 rings (SSSR count). The molecule has 9 heteroatoms. The third-order valence-electron chi connectivity index (χ3n) is 3.00. The molecule has 1 amide bonds. The zero-order valence-corrected chi connectivity index (χ0v) is 10.9. The van der Waals surface area contributed by atoms with E-state index in [1.165, 1.54) is 19.1 Å². The number of nitro groups is 1. The number of rotatable bonds is 3. The third kappa shape index (κ3) is 2.59. The first-order chi connectivity index (χ1) is 9.75. The van der Waals surface area contributed by atoms with Crippen LogP contribution in [0.5, 0.6) is 0 Å². The summed E-state index contributed by atoms with van der Waals surface area (Å²) in [5.74, 6) is -1.03. The van der Waals surface area contributed by atoms with Crippen LogP contribution in [0.1, 0.15) is 23.7 Å². The minimum Gasteiger partial charge on any atom is -0.364 e. The van der Waals surface area contributed by atoms with Crippen molar-refractivity contribution in [2.45, 2.75) is 25.5 Å². The molecule has 0 bridgehead atoms. The number of halogens is 2. The number of hydrogen-bond acceptors (Lipinski definition) is 5. The number of alkyl halides is 2. The molecule has 1 aromatic rings. The molecule has 0 aliphatic carbocycles. The van der Waals surface area contributed by atoms with Gasteiger partial charge in [0.2, 0.25) is 5.72 Å². The maximum Gasteiger partial charge on any atom is 0.287 e. The first-order valence-electron chi connectivity index (χ1n) is 5.89. The van der Waals surface area contributed by atoms with Gasteiger partial charge in [-0.1, -0.05) is 6.07 Å². The van der Waals surface area contributed by atoms with Crippen molar-refractivity contribution in [3.05, 3.63) is 39.9 Å². The molecule has 7 nitrogen and oxygen atoms in total. The van der Waals surface area contributed by atoms with Gasteiger partial charge in [-0.2, -0.15) is 10.1 Å². The predicted octanol–water partition coefficient (Wildman–Crippen LogP) is 1.77. The Morgan fingerprint density at radius 1 is 1.57 bits per heavy atom. The Balaban J connectivity index is 2.39. The number of carbonyl (C=O) groups is 1. The van der Waals surface area contributed by atoms with E-state index in [4.69, 9.17) is 0 Å². The van der Waals surface area contributed by atoms with Crippen LogP contribution in [-0.4, -0.2) is 38.8 Å². The van der Waals surface area contributed by atoms with Crippen molar-refractivity contribution in [2.24, 2.45) is 5.10 Å². The van der Waals surface area contributed by atoms with Crippen LogP contribution in [-0.2, 0) is 0 Å². The van der Waals surface area contributed by atoms with Crippen LogP contribution < -0.4 is 0 Å². The molecule has 112 valence electrons. The molecule has 0 radical (unpaired) electrons. The number of non-ortho nitro benzene ring substituents is 1. The summed E-state index contributed by atoms with van der Waals surface area (Å²) < 4.78 is 26.0. The maximum atomic E-state index is 13.0. The van der Waals surface area contributed by atoms with Crippen molar-refractivity contribution < 1.29 is 23.6 Å². The number of carbonyl (C=O) groups excluding carboxylic acids is 1. The molecular weight excluding hydrogens is 288 g/mol. The van der Waals surface area contributed by atoms with Crippen LogP contribution in [0.4, 0.5) is 14.5 Å². The van der Waals surface area contributed by atoms with Crippen LogP contribution in [0.3, 0.4) is 0 Å². The summed E-state index contributed by atoms with van der Waals surface area (Å²) in [5.41, 5.74) is -3.13. The quantitative estimate of drug-likeness (QED) is 0.679. The van der Waals surface area contributed by atoms with Crippen LogP contribution in [0.25, 0.3) is 0 Å². The van der Waals surface area contributed by atoms with Gasteiger partial charge in [0.1, 0.15) is 0 Å². The number of hydrogen-bond donors (Lipinski definition) is 1. The number of nitro benzene ring substituents is 1. The zero-order chi connectivity index (χ0) is 15.8. The van der Waals surface area contributed by atoms with Crippen molar-refractivity contribution in [1.82, 2.24) is 5.01 Å². The second-order valence-corrected chi connectivity index (χ2v) is 4.62. The topological polar surface area (TPSA) is 96.0 Å². The van der Waals surface area contributed by atoms with Crippen LogP contribution >= 0.6 is 0 Å². The first-order valence-corrected chi connectivity index (χ1v) is 5.89. The molecule has 21 heavy (non-hydrogen) atoms. The molecule has 0 aromatic heterocycles. The van der Waals surface area contributed by atoms with Gasteiger partial charge in [-0.3, -0.25) is 14.9 Å². The molecular formula is C12H11F2N3O4. The average molecular weight is 299 g/mol. The van der Waals surface area contributed by atoms with Crippen molar-refractivity contribution >= 4 is 17.3 Å². The second-order valence-electron chi connectivity index (χ2n) is 4.62. The molecule has 1 heterocycles. The SMILES string of the molecule is CC1=NN(C(=O)c2cccc([N+](=O)[O-])c2)[C@@](O)(C(F)F)C1. The third-order valence-corrected chi connectivity index (χ3v) is 3.00. The molecule has 0 saturated carbocycles. The molecule has 1 N–H and O–H groups in total. The highest BCUT2D eigenvalue weighted by molar-refractivity contribution is 5.98. The Labute approximate surface area is 117 Å². The van der Waals surface area contributed by atoms with Crippen molar-refractivity contribution in [3.8, 4) is 0 Å². The van der Waals surface area contributed by atoms with Gasteiger partial charge in [-0.05, 0) is 13.0 Å². The van der Waals surface area contributed by atoms with E-state index >= 15 is 0 Å². The van der Waals surface area contributed by atoms with E-state index in [0.717, 1.165) is 12.1 Å². The zero-order valence-electron chi connectivity index (χ0n) is 10.9. The van der Waals surface area contributed by atoms with Gasteiger partial charge in [0.25, 0.3) is 18.0 Å². The number of hydrazone groups is 1. The number of benzene rings is 1. The molecule has 1 aliphatic rings. The molecule has 0 saturated heterocycles. The van der Waals surface area contributed by atoms with Gasteiger partial charge in [0, 0.05) is 29.8 Å². The summed E-state index contributed by atoms with van der Waals surface area (Å²) in [4.78, 5) is 22.1. The lowest BCUT2D eigenvalue weighted by atomic mass is 10.1. The highest BCUT2D eigenvalue weighted by Crippen LogP contribution is 2.32. The Hall–Kier alpha value is -2.42. The summed E-state index contributed by atoms with van der Waals surface area (Å²) in [5, 5.41) is 24.5. The molecule has 1 aromatic carbocycles. The Bertz CT molecular complexity index is 635. The fraction of sp³-hybridized carbons (Fsp3) is 0.333. The Morgan fingerprint density at radius 3 is 2.81 bits per heavy atom. The van der Waals surface area contributed by atoms with Crippen LogP contribution in [0.2, 0.25) is 0 Å². The van der Waals surface area contributed by atoms with Gasteiger partial charge in [0.15, 0.2) is 0 Å². The van der Waals surface area contributed by atoms with Gasteiger partial charge in [0.05, 0.1) is 4.92 Å². The standard InChI is InChI=1S/C12H11F2N3O4/c1-7-6-12(19,11(13)14)16(15-7)10(18)8-3-2-4-9(5-8)17(20)21/h2-5,11,19H,6H2,1H3/t12-/m0/s1. The van der Waals surface area contributed by atoms with Crippen LogP contribution in [0.15, 0.2) is 29.4 Å². The highest BCUT2D eigenvalue weighted by Gasteiger charge is 2.51. The fourth-order valence-corrected chi connectivity index (χ4v) is 2.01. The highest BCUT2D eigenvalue weighted by atomic mass is 19.3. The lowest BCUT2D eigenvalue weighted by molar-refractivity contribution is -0.384. The summed E-state index contributed by atoms with van der Waals surface area (Å²) in [6.45, 7) is 1.40.